The molecule has 24 heavy (non-hydrogen) atoms. The highest BCUT2D eigenvalue weighted by Crippen LogP contribution is 2.16. The van der Waals surface area contributed by atoms with Crippen LogP contribution in [0.3, 0.4) is 0 Å². The quantitative estimate of drug-likeness (QED) is 0.804. The van der Waals surface area contributed by atoms with Crippen LogP contribution in [0.1, 0.15) is 26.3 Å². The number of hydrogen-bond acceptors (Lipinski definition) is 4. The zero-order valence-electron chi connectivity index (χ0n) is 13.9. The molecule has 2 N–H and O–H groups in total. The lowest BCUT2D eigenvalue weighted by Crippen LogP contribution is -2.34. The van der Waals surface area contributed by atoms with Crippen molar-refractivity contribution in [2.24, 2.45) is 5.92 Å². The van der Waals surface area contributed by atoms with Gasteiger partial charge in [0.05, 0.1) is 17.4 Å². The highest BCUT2D eigenvalue weighted by atomic mass is 32.2. The summed E-state index contributed by atoms with van der Waals surface area (Å²) in [6, 6.07) is 7.64. The topological polar surface area (TPSA) is 88.4 Å². The maximum absolute atomic E-state index is 12.4. The number of nitrogens with one attached hydrogen (secondary N) is 2. The molecule has 1 heterocycles. The van der Waals surface area contributed by atoms with Gasteiger partial charge in [0.2, 0.25) is 15.9 Å². The molecule has 0 spiro atoms. The van der Waals surface area contributed by atoms with E-state index in [9.17, 15) is 13.2 Å². The average Bonchev–Trinajstić information content (AvgIpc) is 2.99. The van der Waals surface area contributed by atoms with Gasteiger partial charge in [-0.3, -0.25) is 4.79 Å². The number of carbonyl (C=O) groups excluding carboxylic acids is 1. The summed E-state index contributed by atoms with van der Waals surface area (Å²) in [6.45, 7) is 5.38. The van der Waals surface area contributed by atoms with Crippen LogP contribution in [-0.2, 0) is 21.2 Å². The Labute approximate surface area is 142 Å². The Balaban J connectivity index is 2.02. The monoisotopic (exact) mass is 350 g/mol. The normalized spacial score (nSPS) is 13.0. The molecule has 0 saturated heterocycles. The molecule has 0 fully saturated rings. The minimum atomic E-state index is -3.62. The summed E-state index contributed by atoms with van der Waals surface area (Å²) in [5.41, 5.74) is 1.50. The fraction of sp³-hybridized carbons (Fsp3) is 0.353. The molecule has 6 nitrogen and oxygen atoms in total. The Bertz CT molecular complexity index is 765. The Morgan fingerprint density at radius 3 is 2.33 bits per heavy atom. The second-order valence-electron chi connectivity index (χ2n) is 6.03. The third-order valence-electron chi connectivity index (χ3n) is 3.43. The van der Waals surface area contributed by atoms with E-state index in [2.05, 4.69) is 10.0 Å². The van der Waals surface area contributed by atoms with Crippen molar-refractivity contribution in [3.05, 3.63) is 48.4 Å². The third-order valence-corrected chi connectivity index (χ3v) is 5.04. The van der Waals surface area contributed by atoms with Gasteiger partial charge in [0.25, 0.3) is 0 Å². The average molecular weight is 350 g/mol. The van der Waals surface area contributed by atoms with Crippen molar-refractivity contribution in [2.45, 2.75) is 38.1 Å². The highest BCUT2D eigenvalue weighted by Gasteiger charge is 2.18. The van der Waals surface area contributed by atoms with Gasteiger partial charge in [-0.25, -0.2) is 13.1 Å². The Morgan fingerprint density at radius 2 is 1.79 bits per heavy atom. The van der Waals surface area contributed by atoms with Gasteiger partial charge in [0.1, 0.15) is 0 Å². The molecule has 1 unspecified atom stereocenters. The summed E-state index contributed by atoms with van der Waals surface area (Å²) in [5.74, 6) is -0.253. The van der Waals surface area contributed by atoms with E-state index in [1.165, 1.54) is 12.1 Å². The molecule has 1 amide bonds. The molecule has 1 aromatic heterocycles. The van der Waals surface area contributed by atoms with E-state index in [1.807, 2.05) is 0 Å². The second kappa shape index (κ2) is 7.63. The van der Waals surface area contributed by atoms with Crippen LogP contribution in [-0.4, -0.2) is 20.4 Å². The Hall–Kier alpha value is -2.12. The van der Waals surface area contributed by atoms with Gasteiger partial charge in [-0.1, -0.05) is 13.8 Å². The number of furan rings is 1. The summed E-state index contributed by atoms with van der Waals surface area (Å²) in [5, 5.41) is 2.73. The summed E-state index contributed by atoms with van der Waals surface area (Å²) >= 11 is 0. The smallest absolute Gasteiger partial charge is 0.240 e. The Kier molecular flexibility index (Phi) is 5.80. The zero-order valence-corrected chi connectivity index (χ0v) is 14.8. The van der Waals surface area contributed by atoms with Crippen LogP contribution in [0.5, 0.6) is 0 Å². The summed E-state index contributed by atoms with van der Waals surface area (Å²) in [4.78, 5) is 11.8. The predicted molar refractivity (Wildman–Crippen MR) is 92.1 cm³/mol. The molecule has 0 aliphatic heterocycles. The summed E-state index contributed by atoms with van der Waals surface area (Å²) < 4.78 is 32.4. The fourth-order valence-electron chi connectivity index (χ4n) is 2.14. The maximum Gasteiger partial charge on any atom is 0.240 e. The molecule has 130 valence electrons. The van der Waals surface area contributed by atoms with Gasteiger partial charge in [0, 0.05) is 17.6 Å². The molecule has 1 atom stereocenters. The minimum absolute atomic E-state index is 0.113. The van der Waals surface area contributed by atoms with Crippen molar-refractivity contribution in [1.29, 1.82) is 0 Å². The standard InChI is InChI=1S/C17H22N2O4S/c1-12(2)17(20)18-15-4-6-16(7-5-15)24(21,22)19-13(3)10-14-8-9-23-11-14/h4-9,11-13,19H,10H2,1-3H3,(H,18,20). The molecule has 0 aliphatic carbocycles. The van der Waals surface area contributed by atoms with Gasteiger partial charge >= 0.3 is 0 Å². The van der Waals surface area contributed by atoms with Crippen LogP contribution in [0, 0.1) is 5.92 Å². The SMILES string of the molecule is CC(Cc1ccoc1)NS(=O)(=O)c1ccc(NC(=O)C(C)C)cc1. The van der Waals surface area contributed by atoms with Crippen LogP contribution in [0.2, 0.25) is 0 Å². The van der Waals surface area contributed by atoms with Gasteiger partial charge in [0.15, 0.2) is 0 Å². The molecule has 2 rings (SSSR count). The Morgan fingerprint density at radius 1 is 1.12 bits per heavy atom. The summed E-state index contributed by atoms with van der Waals surface area (Å²) in [6.07, 6.45) is 3.69. The first-order chi connectivity index (χ1) is 11.3. The molecule has 0 aliphatic rings. The molecule has 7 heteroatoms. The highest BCUT2D eigenvalue weighted by molar-refractivity contribution is 7.89. The first kappa shape index (κ1) is 18.2. The van der Waals surface area contributed by atoms with E-state index in [0.29, 0.717) is 12.1 Å². The predicted octanol–water partition coefficient (Wildman–Crippen LogP) is 2.78. The molecule has 0 radical (unpaired) electrons. The van der Waals surface area contributed by atoms with Crippen molar-refractivity contribution in [3.8, 4) is 0 Å². The fourth-order valence-corrected chi connectivity index (χ4v) is 3.38. The van der Waals surface area contributed by atoms with Crippen molar-refractivity contribution in [1.82, 2.24) is 4.72 Å². The number of benzene rings is 1. The number of sulfonamides is 1. The van der Waals surface area contributed by atoms with E-state index < -0.39 is 10.0 Å². The van der Waals surface area contributed by atoms with E-state index in [4.69, 9.17) is 4.42 Å². The first-order valence-corrected chi connectivity index (χ1v) is 9.20. The van der Waals surface area contributed by atoms with Crippen LogP contribution >= 0.6 is 0 Å². The van der Waals surface area contributed by atoms with Gasteiger partial charge < -0.3 is 9.73 Å². The van der Waals surface area contributed by atoms with Crippen molar-refractivity contribution in [3.63, 3.8) is 0 Å². The van der Waals surface area contributed by atoms with E-state index in [0.717, 1.165) is 5.56 Å². The van der Waals surface area contributed by atoms with Crippen LogP contribution in [0.4, 0.5) is 5.69 Å². The second-order valence-corrected chi connectivity index (χ2v) is 7.74. The van der Waals surface area contributed by atoms with E-state index >= 15 is 0 Å². The number of carbonyl (C=O) groups is 1. The molecular weight excluding hydrogens is 328 g/mol. The number of rotatable bonds is 7. The largest absolute Gasteiger partial charge is 0.472 e. The lowest BCUT2D eigenvalue weighted by atomic mass is 10.1. The molecular formula is C17H22N2O4S. The van der Waals surface area contributed by atoms with Crippen molar-refractivity contribution < 1.29 is 17.6 Å². The summed E-state index contributed by atoms with van der Waals surface area (Å²) in [7, 11) is -3.62. The van der Waals surface area contributed by atoms with Gasteiger partial charge in [-0.15, -0.1) is 0 Å². The first-order valence-electron chi connectivity index (χ1n) is 7.72. The van der Waals surface area contributed by atoms with Crippen LogP contribution < -0.4 is 10.0 Å². The van der Waals surface area contributed by atoms with Gasteiger partial charge in [-0.05, 0) is 49.2 Å². The molecule has 0 saturated carbocycles. The van der Waals surface area contributed by atoms with Crippen LogP contribution in [0.25, 0.3) is 0 Å². The zero-order chi connectivity index (χ0) is 17.7. The van der Waals surface area contributed by atoms with E-state index in [1.54, 1.807) is 51.5 Å². The van der Waals surface area contributed by atoms with Crippen molar-refractivity contribution in [2.75, 3.05) is 5.32 Å². The number of amides is 1. The lowest BCUT2D eigenvalue weighted by Gasteiger charge is -2.14. The minimum Gasteiger partial charge on any atom is -0.472 e. The number of hydrogen-bond donors (Lipinski definition) is 2. The van der Waals surface area contributed by atoms with Crippen molar-refractivity contribution >= 4 is 21.6 Å². The molecule has 1 aromatic carbocycles. The van der Waals surface area contributed by atoms with Crippen LogP contribution in [0.15, 0.2) is 52.2 Å². The molecule has 0 bridgehead atoms. The maximum atomic E-state index is 12.4. The van der Waals surface area contributed by atoms with Gasteiger partial charge in [-0.2, -0.15) is 0 Å². The third kappa shape index (κ3) is 4.94. The lowest BCUT2D eigenvalue weighted by molar-refractivity contribution is -0.118. The molecule has 2 aromatic rings. The number of anilines is 1. The van der Waals surface area contributed by atoms with E-state index in [-0.39, 0.29) is 22.8 Å².